The highest BCUT2D eigenvalue weighted by molar-refractivity contribution is 9.10. The lowest BCUT2D eigenvalue weighted by atomic mass is 10.2. The Bertz CT molecular complexity index is 367. The zero-order valence-electron chi connectivity index (χ0n) is 8.28. The molecule has 1 saturated heterocycles. The SMILES string of the molecule is O=C1OCCCN1Cc1cccc(Br)c1. The molecular weight excluding hydrogens is 258 g/mol. The normalized spacial score (nSPS) is 16.3. The summed E-state index contributed by atoms with van der Waals surface area (Å²) in [5.74, 6) is 0. The molecule has 0 aromatic heterocycles. The molecule has 1 aliphatic rings. The van der Waals surface area contributed by atoms with Gasteiger partial charge in [-0.15, -0.1) is 0 Å². The van der Waals surface area contributed by atoms with E-state index in [9.17, 15) is 4.79 Å². The number of carbonyl (C=O) groups is 1. The van der Waals surface area contributed by atoms with E-state index in [4.69, 9.17) is 4.74 Å². The highest BCUT2D eigenvalue weighted by Gasteiger charge is 2.19. The molecule has 80 valence electrons. The lowest BCUT2D eigenvalue weighted by molar-refractivity contribution is 0.0700. The second-order valence-corrected chi connectivity index (χ2v) is 4.44. The van der Waals surface area contributed by atoms with E-state index in [2.05, 4.69) is 15.9 Å². The molecule has 0 atom stereocenters. The molecule has 3 nitrogen and oxygen atoms in total. The maximum Gasteiger partial charge on any atom is 0.410 e. The fourth-order valence-corrected chi connectivity index (χ4v) is 2.04. The van der Waals surface area contributed by atoms with E-state index in [1.807, 2.05) is 24.3 Å². The van der Waals surface area contributed by atoms with Crippen molar-refractivity contribution in [2.45, 2.75) is 13.0 Å². The van der Waals surface area contributed by atoms with Gasteiger partial charge in [0.25, 0.3) is 0 Å². The van der Waals surface area contributed by atoms with E-state index in [0.29, 0.717) is 13.2 Å². The number of halogens is 1. The van der Waals surface area contributed by atoms with Gasteiger partial charge in [0.1, 0.15) is 0 Å². The largest absolute Gasteiger partial charge is 0.449 e. The number of hydrogen-bond acceptors (Lipinski definition) is 2. The Balaban J connectivity index is 2.04. The minimum absolute atomic E-state index is 0.207. The van der Waals surface area contributed by atoms with Crippen LogP contribution in [-0.4, -0.2) is 24.1 Å². The lowest BCUT2D eigenvalue weighted by Crippen LogP contribution is -2.37. The predicted molar refractivity (Wildman–Crippen MR) is 60.5 cm³/mol. The van der Waals surface area contributed by atoms with Gasteiger partial charge < -0.3 is 9.64 Å². The minimum atomic E-state index is -0.207. The van der Waals surface area contributed by atoms with Crippen LogP contribution < -0.4 is 0 Å². The first-order chi connectivity index (χ1) is 7.25. The van der Waals surface area contributed by atoms with Crippen LogP contribution in [0.15, 0.2) is 28.7 Å². The Morgan fingerprint density at radius 1 is 1.47 bits per heavy atom. The molecule has 0 aliphatic carbocycles. The third kappa shape index (κ3) is 2.72. The van der Waals surface area contributed by atoms with Crippen LogP contribution in [0.3, 0.4) is 0 Å². The third-order valence-corrected chi connectivity index (χ3v) is 2.81. The van der Waals surface area contributed by atoms with Crippen LogP contribution in [0.1, 0.15) is 12.0 Å². The molecule has 4 heteroatoms. The molecule has 1 amide bonds. The number of rotatable bonds is 2. The number of cyclic esters (lactones) is 1. The molecule has 0 saturated carbocycles. The Hall–Kier alpha value is -1.03. The van der Waals surface area contributed by atoms with Gasteiger partial charge in [-0.2, -0.15) is 0 Å². The summed E-state index contributed by atoms with van der Waals surface area (Å²) in [7, 11) is 0. The van der Waals surface area contributed by atoms with Crippen LogP contribution in [-0.2, 0) is 11.3 Å². The highest BCUT2D eigenvalue weighted by atomic mass is 79.9. The highest BCUT2D eigenvalue weighted by Crippen LogP contribution is 2.15. The second kappa shape index (κ2) is 4.66. The molecule has 0 N–H and O–H groups in total. The van der Waals surface area contributed by atoms with Crippen LogP contribution in [0.25, 0.3) is 0 Å². The van der Waals surface area contributed by atoms with Crippen LogP contribution in [0.2, 0.25) is 0 Å². The zero-order chi connectivity index (χ0) is 10.7. The Morgan fingerprint density at radius 2 is 2.33 bits per heavy atom. The molecule has 1 fully saturated rings. The average Bonchev–Trinajstić information content (AvgIpc) is 2.22. The number of nitrogens with zero attached hydrogens (tertiary/aromatic N) is 1. The van der Waals surface area contributed by atoms with Gasteiger partial charge >= 0.3 is 6.09 Å². The second-order valence-electron chi connectivity index (χ2n) is 3.52. The zero-order valence-corrected chi connectivity index (χ0v) is 9.87. The fraction of sp³-hybridized carbons (Fsp3) is 0.364. The molecule has 15 heavy (non-hydrogen) atoms. The topological polar surface area (TPSA) is 29.5 Å². The molecule has 0 bridgehead atoms. The number of hydrogen-bond donors (Lipinski definition) is 0. The molecule has 0 spiro atoms. The lowest BCUT2D eigenvalue weighted by Gasteiger charge is -2.26. The van der Waals surface area contributed by atoms with Crippen LogP contribution in [0.5, 0.6) is 0 Å². The van der Waals surface area contributed by atoms with Crippen molar-refractivity contribution in [2.75, 3.05) is 13.2 Å². The maximum absolute atomic E-state index is 11.4. The van der Waals surface area contributed by atoms with Gasteiger partial charge in [-0.05, 0) is 24.1 Å². The summed E-state index contributed by atoms with van der Waals surface area (Å²) in [6.45, 7) is 1.96. The third-order valence-electron chi connectivity index (χ3n) is 2.32. The van der Waals surface area contributed by atoms with E-state index >= 15 is 0 Å². The van der Waals surface area contributed by atoms with Gasteiger partial charge in [-0.3, -0.25) is 0 Å². The minimum Gasteiger partial charge on any atom is -0.449 e. The Kier molecular flexibility index (Phi) is 3.26. The molecule has 1 aliphatic heterocycles. The van der Waals surface area contributed by atoms with Gasteiger partial charge in [0.05, 0.1) is 6.61 Å². The average molecular weight is 270 g/mol. The summed E-state index contributed by atoms with van der Waals surface area (Å²) < 4.78 is 6.00. The fourth-order valence-electron chi connectivity index (χ4n) is 1.60. The van der Waals surface area contributed by atoms with Crippen LogP contribution in [0.4, 0.5) is 4.79 Å². The molecule has 1 aromatic rings. The summed E-state index contributed by atoms with van der Waals surface area (Å²) in [4.78, 5) is 13.1. The molecule has 1 heterocycles. The van der Waals surface area contributed by atoms with Gasteiger partial charge in [0.2, 0.25) is 0 Å². The molecule has 1 aromatic carbocycles. The summed E-state index contributed by atoms with van der Waals surface area (Å²) in [5, 5.41) is 0. The number of ether oxygens (including phenoxy) is 1. The molecule has 0 radical (unpaired) electrons. The monoisotopic (exact) mass is 269 g/mol. The summed E-state index contributed by atoms with van der Waals surface area (Å²) in [6, 6.07) is 7.96. The standard InChI is InChI=1S/C11H12BrNO2/c12-10-4-1-3-9(7-10)8-13-5-2-6-15-11(13)14/h1,3-4,7H,2,5-6,8H2. The Labute approximate surface area is 97.2 Å². The van der Waals surface area contributed by atoms with E-state index in [1.54, 1.807) is 4.90 Å². The predicted octanol–water partition coefficient (Wildman–Crippen LogP) is 2.79. The van der Waals surface area contributed by atoms with Gasteiger partial charge in [-0.1, -0.05) is 28.1 Å². The maximum atomic E-state index is 11.4. The van der Waals surface area contributed by atoms with Crippen molar-refractivity contribution in [3.63, 3.8) is 0 Å². The quantitative estimate of drug-likeness (QED) is 0.827. The van der Waals surface area contributed by atoms with E-state index in [-0.39, 0.29) is 6.09 Å². The first-order valence-corrected chi connectivity index (χ1v) is 5.71. The number of benzene rings is 1. The molecular formula is C11H12BrNO2. The van der Waals surface area contributed by atoms with E-state index in [0.717, 1.165) is 23.0 Å². The van der Waals surface area contributed by atoms with Crippen molar-refractivity contribution < 1.29 is 9.53 Å². The van der Waals surface area contributed by atoms with Crippen molar-refractivity contribution in [2.24, 2.45) is 0 Å². The summed E-state index contributed by atoms with van der Waals surface area (Å²) in [5.41, 5.74) is 1.11. The summed E-state index contributed by atoms with van der Waals surface area (Å²) in [6.07, 6.45) is 0.709. The number of carbonyl (C=O) groups excluding carboxylic acids is 1. The smallest absolute Gasteiger partial charge is 0.410 e. The van der Waals surface area contributed by atoms with Crippen molar-refractivity contribution >= 4 is 22.0 Å². The first-order valence-electron chi connectivity index (χ1n) is 4.92. The van der Waals surface area contributed by atoms with E-state index in [1.165, 1.54) is 0 Å². The van der Waals surface area contributed by atoms with Gasteiger partial charge in [0.15, 0.2) is 0 Å². The van der Waals surface area contributed by atoms with Crippen molar-refractivity contribution in [1.29, 1.82) is 0 Å². The van der Waals surface area contributed by atoms with Crippen molar-refractivity contribution in [1.82, 2.24) is 4.90 Å². The Morgan fingerprint density at radius 3 is 3.07 bits per heavy atom. The van der Waals surface area contributed by atoms with E-state index < -0.39 is 0 Å². The van der Waals surface area contributed by atoms with Crippen molar-refractivity contribution in [3.8, 4) is 0 Å². The van der Waals surface area contributed by atoms with Gasteiger partial charge in [-0.25, -0.2) is 4.79 Å². The van der Waals surface area contributed by atoms with Crippen molar-refractivity contribution in [3.05, 3.63) is 34.3 Å². The summed E-state index contributed by atoms with van der Waals surface area (Å²) >= 11 is 3.41. The van der Waals surface area contributed by atoms with Crippen LogP contribution >= 0.6 is 15.9 Å². The van der Waals surface area contributed by atoms with Gasteiger partial charge in [0, 0.05) is 17.6 Å². The number of amides is 1. The first kappa shape index (κ1) is 10.5. The molecule has 2 rings (SSSR count). The molecule has 0 unspecified atom stereocenters. The van der Waals surface area contributed by atoms with Crippen LogP contribution in [0, 0.1) is 0 Å².